The molecule has 1 aromatic carbocycles. The standard InChI is InChI=1S/C15H14F3N3O3/c1-9(21-5-4-13(20-21)15(16,17)18)14(22)19-10-2-3-11-12(8-10)24-7-6-23-11/h2-5,8-9H,6-7H2,1H3,(H,19,22). The van der Waals surface area contributed by atoms with Gasteiger partial charge in [0.15, 0.2) is 17.2 Å². The second-order valence-corrected chi connectivity index (χ2v) is 5.20. The average Bonchev–Trinajstić information content (AvgIpc) is 3.04. The van der Waals surface area contributed by atoms with Crippen LogP contribution in [0.15, 0.2) is 30.5 Å². The minimum Gasteiger partial charge on any atom is -0.486 e. The third kappa shape index (κ3) is 3.29. The van der Waals surface area contributed by atoms with Crippen molar-refractivity contribution in [2.24, 2.45) is 0 Å². The minimum atomic E-state index is -4.54. The lowest BCUT2D eigenvalue weighted by molar-refractivity contribution is -0.141. The molecule has 1 aliphatic rings. The normalized spacial score (nSPS) is 15.0. The summed E-state index contributed by atoms with van der Waals surface area (Å²) in [4.78, 5) is 12.2. The second-order valence-electron chi connectivity index (χ2n) is 5.20. The van der Waals surface area contributed by atoms with Crippen molar-refractivity contribution in [3.63, 3.8) is 0 Å². The van der Waals surface area contributed by atoms with E-state index in [0.717, 1.165) is 16.9 Å². The molecule has 2 aromatic rings. The van der Waals surface area contributed by atoms with Gasteiger partial charge in [0.05, 0.1) is 0 Å². The number of alkyl halides is 3. The number of rotatable bonds is 3. The molecule has 6 nitrogen and oxygen atoms in total. The van der Waals surface area contributed by atoms with Gasteiger partial charge in [-0.2, -0.15) is 18.3 Å². The molecule has 0 radical (unpaired) electrons. The topological polar surface area (TPSA) is 65.4 Å². The number of nitrogens with zero attached hydrogens (tertiary/aromatic N) is 2. The summed E-state index contributed by atoms with van der Waals surface area (Å²) >= 11 is 0. The van der Waals surface area contributed by atoms with Gasteiger partial charge in [-0.3, -0.25) is 9.48 Å². The molecule has 1 aromatic heterocycles. The van der Waals surface area contributed by atoms with Crippen LogP contribution < -0.4 is 14.8 Å². The molecule has 3 rings (SSSR count). The summed E-state index contributed by atoms with van der Waals surface area (Å²) in [5, 5.41) is 6.02. The summed E-state index contributed by atoms with van der Waals surface area (Å²) in [5.41, 5.74) is -0.583. The fraction of sp³-hybridized carbons (Fsp3) is 0.333. The van der Waals surface area contributed by atoms with Crippen molar-refractivity contribution in [2.75, 3.05) is 18.5 Å². The highest BCUT2D eigenvalue weighted by Crippen LogP contribution is 2.33. The number of ether oxygens (including phenoxy) is 2. The zero-order valence-electron chi connectivity index (χ0n) is 12.6. The number of carbonyl (C=O) groups excluding carboxylic acids is 1. The van der Waals surface area contributed by atoms with Gasteiger partial charge in [-0.05, 0) is 25.1 Å². The predicted octanol–water partition coefficient (Wildman–Crippen LogP) is 2.87. The number of halogens is 3. The number of nitrogens with one attached hydrogen (secondary N) is 1. The fourth-order valence-corrected chi connectivity index (χ4v) is 2.19. The summed E-state index contributed by atoms with van der Waals surface area (Å²) in [5.74, 6) is 0.586. The van der Waals surface area contributed by atoms with E-state index in [2.05, 4.69) is 10.4 Å². The highest BCUT2D eigenvalue weighted by molar-refractivity contribution is 5.93. The van der Waals surface area contributed by atoms with Crippen molar-refractivity contribution >= 4 is 11.6 Å². The molecular weight excluding hydrogens is 327 g/mol. The molecule has 0 aliphatic carbocycles. The van der Waals surface area contributed by atoms with E-state index in [1.807, 2.05) is 0 Å². The van der Waals surface area contributed by atoms with Crippen molar-refractivity contribution in [2.45, 2.75) is 19.1 Å². The molecule has 0 bridgehead atoms. The lowest BCUT2D eigenvalue weighted by Gasteiger charge is -2.19. The zero-order valence-corrected chi connectivity index (χ0v) is 12.6. The van der Waals surface area contributed by atoms with Crippen LogP contribution in [0.3, 0.4) is 0 Å². The second kappa shape index (κ2) is 6.06. The number of carbonyl (C=O) groups is 1. The molecular formula is C15H14F3N3O3. The maximum Gasteiger partial charge on any atom is 0.435 e. The number of aromatic nitrogens is 2. The van der Waals surface area contributed by atoms with Crippen molar-refractivity contribution < 1.29 is 27.4 Å². The Labute approximate surface area is 135 Å². The Morgan fingerprint density at radius 2 is 1.96 bits per heavy atom. The number of benzene rings is 1. The van der Waals surface area contributed by atoms with E-state index in [1.165, 1.54) is 6.92 Å². The van der Waals surface area contributed by atoms with E-state index in [1.54, 1.807) is 18.2 Å². The van der Waals surface area contributed by atoms with Crippen molar-refractivity contribution in [3.8, 4) is 11.5 Å². The van der Waals surface area contributed by atoms with Crippen LogP contribution in [-0.2, 0) is 11.0 Å². The summed E-state index contributed by atoms with van der Waals surface area (Å²) in [7, 11) is 0. The Morgan fingerprint density at radius 1 is 1.25 bits per heavy atom. The molecule has 9 heteroatoms. The molecule has 1 N–H and O–H groups in total. The van der Waals surface area contributed by atoms with Crippen LogP contribution in [0, 0.1) is 0 Å². The van der Waals surface area contributed by atoms with E-state index in [0.29, 0.717) is 30.4 Å². The molecule has 1 atom stereocenters. The third-order valence-electron chi connectivity index (χ3n) is 3.48. The largest absolute Gasteiger partial charge is 0.486 e. The van der Waals surface area contributed by atoms with Gasteiger partial charge in [0.25, 0.3) is 0 Å². The number of fused-ring (bicyclic) bond motifs is 1. The minimum absolute atomic E-state index is 0.411. The van der Waals surface area contributed by atoms with Crippen molar-refractivity contribution in [1.82, 2.24) is 9.78 Å². The van der Waals surface area contributed by atoms with Crippen LogP contribution in [0.1, 0.15) is 18.7 Å². The lowest BCUT2D eigenvalue weighted by atomic mass is 10.2. The molecule has 0 saturated carbocycles. The summed E-state index contributed by atoms with van der Waals surface area (Å²) in [6, 6.07) is 4.80. The first-order chi connectivity index (χ1) is 11.3. The number of hydrogen-bond donors (Lipinski definition) is 1. The van der Waals surface area contributed by atoms with Crippen LogP contribution in [0.4, 0.5) is 18.9 Å². The van der Waals surface area contributed by atoms with Crippen LogP contribution in [0.25, 0.3) is 0 Å². The van der Waals surface area contributed by atoms with E-state index >= 15 is 0 Å². The maximum atomic E-state index is 12.6. The number of hydrogen-bond acceptors (Lipinski definition) is 4. The van der Waals surface area contributed by atoms with Crippen LogP contribution in [0.2, 0.25) is 0 Å². The van der Waals surface area contributed by atoms with Crippen LogP contribution in [0.5, 0.6) is 11.5 Å². The Balaban J connectivity index is 1.71. The highest BCUT2D eigenvalue weighted by Gasteiger charge is 2.34. The van der Waals surface area contributed by atoms with Gasteiger partial charge in [-0.1, -0.05) is 0 Å². The molecule has 0 fully saturated rings. The molecule has 24 heavy (non-hydrogen) atoms. The van der Waals surface area contributed by atoms with Crippen molar-refractivity contribution in [1.29, 1.82) is 0 Å². The lowest BCUT2D eigenvalue weighted by Crippen LogP contribution is -2.24. The van der Waals surface area contributed by atoms with Crippen LogP contribution in [-0.4, -0.2) is 28.9 Å². The Morgan fingerprint density at radius 3 is 2.62 bits per heavy atom. The Bertz CT molecular complexity index is 758. The van der Waals surface area contributed by atoms with Gasteiger partial charge in [0.1, 0.15) is 19.3 Å². The summed E-state index contributed by atoms with van der Waals surface area (Å²) < 4.78 is 49.5. The van der Waals surface area contributed by atoms with Gasteiger partial charge in [-0.15, -0.1) is 0 Å². The molecule has 1 aliphatic heterocycles. The number of amides is 1. The van der Waals surface area contributed by atoms with Gasteiger partial charge in [0, 0.05) is 18.0 Å². The molecule has 1 amide bonds. The maximum absolute atomic E-state index is 12.6. The summed E-state index contributed by atoms with van der Waals surface area (Å²) in [6.45, 7) is 2.32. The first-order valence-corrected chi connectivity index (χ1v) is 7.17. The smallest absolute Gasteiger partial charge is 0.435 e. The monoisotopic (exact) mass is 341 g/mol. The first-order valence-electron chi connectivity index (χ1n) is 7.17. The average molecular weight is 341 g/mol. The van der Waals surface area contributed by atoms with E-state index in [4.69, 9.17) is 9.47 Å². The summed E-state index contributed by atoms with van der Waals surface area (Å²) in [6.07, 6.45) is -3.42. The molecule has 128 valence electrons. The van der Waals surface area contributed by atoms with E-state index in [9.17, 15) is 18.0 Å². The van der Waals surface area contributed by atoms with E-state index < -0.39 is 23.8 Å². The Hall–Kier alpha value is -2.71. The molecule has 2 heterocycles. The van der Waals surface area contributed by atoms with Crippen LogP contribution >= 0.6 is 0 Å². The molecule has 1 unspecified atom stereocenters. The molecule has 0 spiro atoms. The third-order valence-corrected chi connectivity index (χ3v) is 3.48. The van der Waals surface area contributed by atoms with Gasteiger partial charge in [-0.25, -0.2) is 0 Å². The van der Waals surface area contributed by atoms with Gasteiger partial charge < -0.3 is 14.8 Å². The van der Waals surface area contributed by atoms with Gasteiger partial charge >= 0.3 is 6.18 Å². The highest BCUT2D eigenvalue weighted by atomic mass is 19.4. The quantitative estimate of drug-likeness (QED) is 0.932. The SMILES string of the molecule is CC(C(=O)Nc1ccc2c(c1)OCCO2)n1ccc(C(F)(F)F)n1. The zero-order chi connectivity index (χ0) is 17.3. The first kappa shape index (κ1) is 16.2. The van der Waals surface area contributed by atoms with E-state index in [-0.39, 0.29) is 0 Å². The van der Waals surface area contributed by atoms with Gasteiger partial charge in [0.2, 0.25) is 5.91 Å². The predicted molar refractivity (Wildman–Crippen MR) is 78.0 cm³/mol. The fourth-order valence-electron chi connectivity index (χ4n) is 2.19. The number of anilines is 1. The van der Waals surface area contributed by atoms with Crippen molar-refractivity contribution in [3.05, 3.63) is 36.2 Å². The Kier molecular flexibility index (Phi) is 4.08. The molecule has 0 saturated heterocycles.